The molecule has 0 amide bonds. The molecule has 0 radical (unpaired) electrons. The Morgan fingerprint density at radius 2 is 2.30 bits per heavy atom. The lowest BCUT2D eigenvalue weighted by molar-refractivity contribution is -0.123. The van der Waals surface area contributed by atoms with Gasteiger partial charge in [0.05, 0.1) is 12.5 Å². The number of carbonyl (C=O) groups excluding carboxylic acids is 2. The molecule has 0 aliphatic carbocycles. The van der Waals surface area contributed by atoms with Gasteiger partial charge in [-0.2, -0.15) is 0 Å². The Hall–Kier alpha value is -0.960. The maximum atomic E-state index is 10.7. The molecule has 0 rings (SSSR count). The molecule has 0 saturated carbocycles. The molecule has 1 unspecified atom stereocenters. The van der Waals surface area contributed by atoms with Gasteiger partial charge < -0.3 is 9.90 Å². The normalized spacial score (nSPS) is 13.4. The maximum Gasteiger partial charge on any atom is 0.165 e. The first kappa shape index (κ1) is 9.04. The van der Waals surface area contributed by atoms with Crippen LogP contribution in [0.4, 0.5) is 0 Å². The van der Waals surface area contributed by atoms with E-state index in [1.54, 1.807) is 0 Å². The van der Waals surface area contributed by atoms with Crippen LogP contribution in [0.3, 0.4) is 0 Å². The fourth-order valence-corrected chi connectivity index (χ4v) is 0.388. The average Bonchev–Trinajstić information content (AvgIpc) is 1.98. The van der Waals surface area contributed by atoms with Crippen LogP contribution in [0.1, 0.15) is 6.92 Å². The number of aliphatic hydroxyl groups excluding tert-OH is 1. The van der Waals surface area contributed by atoms with Crippen molar-refractivity contribution in [3.8, 4) is 0 Å². The summed E-state index contributed by atoms with van der Waals surface area (Å²) in [6, 6.07) is 0. The van der Waals surface area contributed by atoms with Gasteiger partial charge in [0.1, 0.15) is 6.29 Å². The smallest absolute Gasteiger partial charge is 0.165 e. The van der Waals surface area contributed by atoms with Crippen LogP contribution in [0, 0.1) is 5.92 Å². The fourth-order valence-electron chi connectivity index (χ4n) is 0.388. The summed E-state index contributed by atoms with van der Waals surface area (Å²) in [5.74, 6) is -0.869. The molecule has 3 heteroatoms. The van der Waals surface area contributed by atoms with E-state index in [1.165, 1.54) is 19.1 Å². The number of hydrogen-bond acceptors (Lipinski definition) is 3. The van der Waals surface area contributed by atoms with Gasteiger partial charge in [0, 0.05) is 0 Å². The van der Waals surface area contributed by atoms with Gasteiger partial charge in [-0.15, -0.1) is 0 Å². The monoisotopic (exact) mass is 142 g/mol. The van der Waals surface area contributed by atoms with Crippen LogP contribution in [-0.4, -0.2) is 23.8 Å². The lowest BCUT2D eigenvalue weighted by atomic mass is 10.1. The standard InChI is InChI=1S/C7H10O3/c1-6(5-9)7(10)3-2-4-8/h2-3,5-6,8H,4H2,1H3. The lowest BCUT2D eigenvalue weighted by Crippen LogP contribution is -2.08. The topological polar surface area (TPSA) is 54.4 Å². The molecule has 0 bridgehead atoms. The molecule has 1 N–H and O–H groups in total. The molecule has 56 valence electrons. The summed E-state index contributed by atoms with van der Waals surface area (Å²) >= 11 is 0. The minimum absolute atomic E-state index is 0.169. The molecule has 0 heterocycles. The van der Waals surface area contributed by atoms with Crippen molar-refractivity contribution < 1.29 is 14.7 Å². The van der Waals surface area contributed by atoms with Crippen LogP contribution in [0.2, 0.25) is 0 Å². The van der Waals surface area contributed by atoms with Crippen LogP contribution < -0.4 is 0 Å². The first-order valence-electron chi connectivity index (χ1n) is 2.99. The highest BCUT2D eigenvalue weighted by Crippen LogP contribution is 1.92. The summed E-state index contributed by atoms with van der Waals surface area (Å²) in [6.07, 6.45) is 3.09. The summed E-state index contributed by atoms with van der Waals surface area (Å²) in [6.45, 7) is 1.34. The molecular formula is C7H10O3. The number of aliphatic hydroxyl groups is 1. The summed E-state index contributed by atoms with van der Waals surface area (Å²) in [4.78, 5) is 20.7. The lowest BCUT2D eigenvalue weighted by Gasteiger charge is -1.93. The molecule has 0 fully saturated rings. The molecule has 10 heavy (non-hydrogen) atoms. The number of rotatable bonds is 4. The molecule has 0 aliphatic heterocycles. The zero-order valence-corrected chi connectivity index (χ0v) is 5.78. The van der Waals surface area contributed by atoms with Crippen molar-refractivity contribution >= 4 is 12.1 Å². The van der Waals surface area contributed by atoms with Crippen LogP contribution in [0.5, 0.6) is 0 Å². The van der Waals surface area contributed by atoms with Crippen molar-refractivity contribution in [2.24, 2.45) is 5.92 Å². The van der Waals surface area contributed by atoms with Crippen LogP contribution >= 0.6 is 0 Å². The highest BCUT2D eigenvalue weighted by Gasteiger charge is 2.05. The fraction of sp³-hybridized carbons (Fsp3) is 0.429. The molecule has 1 atom stereocenters. The van der Waals surface area contributed by atoms with Gasteiger partial charge >= 0.3 is 0 Å². The van der Waals surface area contributed by atoms with Crippen molar-refractivity contribution in [2.45, 2.75) is 6.92 Å². The van der Waals surface area contributed by atoms with Gasteiger partial charge in [0.2, 0.25) is 0 Å². The van der Waals surface area contributed by atoms with E-state index in [0.29, 0.717) is 6.29 Å². The first-order chi connectivity index (χ1) is 4.72. The van der Waals surface area contributed by atoms with Gasteiger partial charge in [-0.1, -0.05) is 6.08 Å². The third-order valence-electron chi connectivity index (χ3n) is 1.04. The predicted molar refractivity (Wildman–Crippen MR) is 36.5 cm³/mol. The maximum absolute atomic E-state index is 10.7. The zero-order valence-electron chi connectivity index (χ0n) is 5.78. The van der Waals surface area contributed by atoms with E-state index in [0.717, 1.165) is 0 Å². The Bertz CT molecular complexity index is 149. The summed E-state index contributed by atoms with van der Waals surface area (Å²) in [7, 11) is 0. The Morgan fingerprint density at radius 3 is 2.70 bits per heavy atom. The van der Waals surface area contributed by atoms with E-state index in [2.05, 4.69) is 0 Å². The summed E-state index contributed by atoms with van der Waals surface area (Å²) in [5, 5.41) is 8.24. The van der Waals surface area contributed by atoms with Gasteiger partial charge in [-0.25, -0.2) is 0 Å². The van der Waals surface area contributed by atoms with Crippen molar-refractivity contribution in [1.29, 1.82) is 0 Å². The summed E-state index contributed by atoms with van der Waals surface area (Å²) < 4.78 is 0. The van der Waals surface area contributed by atoms with Crippen molar-refractivity contribution in [2.75, 3.05) is 6.61 Å². The van der Waals surface area contributed by atoms with E-state index in [4.69, 9.17) is 5.11 Å². The SMILES string of the molecule is CC(C=O)C(=O)C=CCO. The van der Waals surface area contributed by atoms with Crippen molar-refractivity contribution in [3.63, 3.8) is 0 Å². The molecule has 0 aromatic heterocycles. The molecule has 0 saturated heterocycles. The minimum Gasteiger partial charge on any atom is -0.392 e. The van der Waals surface area contributed by atoms with Gasteiger partial charge in [0.15, 0.2) is 5.78 Å². The van der Waals surface area contributed by atoms with Gasteiger partial charge in [0.25, 0.3) is 0 Å². The Balaban J connectivity index is 3.84. The molecule has 3 nitrogen and oxygen atoms in total. The average molecular weight is 142 g/mol. The molecule has 0 aromatic carbocycles. The van der Waals surface area contributed by atoms with Crippen LogP contribution in [-0.2, 0) is 9.59 Å². The van der Waals surface area contributed by atoms with Gasteiger partial charge in [-0.05, 0) is 13.0 Å². The predicted octanol–water partition coefficient (Wildman–Crippen LogP) is -0.0610. The number of carbonyl (C=O) groups is 2. The molecule has 0 spiro atoms. The molecule has 0 aromatic rings. The Labute approximate surface area is 59.4 Å². The van der Waals surface area contributed by atoms with E-state index in [-0.39, 0.29) is 12.4 Å². The van der Waals surface area contributed by atoms with Crippen molar-refractivity contribution in [1.82, 2.24) is 0 Å². The molecule has 0 aliphatic rings. The van der Waals surface area contributed by atoms with Crippen LogP contribution in [0.25, 0.3) is 0 Å². The quantitative estimate of drug-likeness (QED) is 0.340. The Kier molecular flexibility index (Phi) is 4.41. The first-order valence-corrected chi connectivity index (χ1v) is 2.99. The summed E-state index contributed by atoms with van der Waals surface area (Å²) in [5.41, 5.74) is 0. The van der Waals surface area contributed by atoms with Crippen molar-refractivity contribution in [3.05, 3.63) is 12.2 Å². The Morgan fingerprint density at radius 1 is 1.70 bits per heavy atom. The zero-order chi connectivity index (χ0) is 7.98. The third-order valence-corrected chi connectivity index (χ3v) is 1.04. The highest BCUT2D eigenvalue weighted by atomic mass is 16.2. The number of hydrogen-bond donors (Lipinski definition) is 1. The largest absolute Gasteiger partial charge is 0.392 e. The highest BCUT2D eigenvalue weighted by molar-refractivity contribution is 6.00. The number of ketones is 1. The van der Waals surface area contributed by atoms with E-state index in [1.807, 2.05) is 0 Å². The number of aldehydes is 1. The van der Waals surface area contributed by atoms with E-state index >= 15 is 0 Å². The second-order valence-corrected chi connectivity index (χ2v) is 1.91. The van der Waals surface area contributed by atoms with Crippen LogP contribution in [0.15, 0.2) is 12.2 Å². The van der Waals surface area contributed by atoms with E-state index in [9.17, 15) is 9.59 Å². The van der Waals surface area contributed by atoms with Gasteiger partial charge in [-0.3, -0.25) is 4.79 Å². The minimum atomic E-state index is -0.595. The second kappa shape index (κ2) is 4.88. The number of allylic oxidation sites excluding steroid dienone is 1. The third kappa shape index (κ3) is 3.14. The van der Waals surface area contributed by atoms with E-state index < -0.39 is 5.92 Å². The molecular weight excluding hydrogens is 132 g/mol. The second-order valence-electron chi connectivity index (χ2n) is 1.91.